The van der Waals surface area contributed by atoms with Gasteiger partial charge in [0.15, 0.2) is 0 Å². The predicted octanol–water partition coefficient (Wildman–Crippen LogP) is 1.03. The lowest BCUT2D eigenvalue weighted by atomic mass is 10.1. The smallest absolute Gasteiger partial charge is 0.274 e. The number of carbonyl (C=O) groups is 1. The van der Waals surface area contributed by atoms with Gasteiger partial charge in [-0.2, -0.15) is 0 Å². The Morgan fingerprint density at radius 1 is 1.32 bits per heavy atom. The Labute approximate surface area is 129 Å². The second-order valence-corrected chi connectivity index (χ2v) is 5.41. The molecular weight excluding hydrogens is 280 g/mol. The first-order chi connectivity index (χ1) is 10.7. The summed E-state index contributed by atoms with van der Waals surface area (Å²) in [5.41, 5.74) is 1.20. The van der Waals surface area contributed by atoms with E-state index in [1.54, 1.807) is 18.6 Å². The summed E-state index contributed by atoms with van der Waals surface area (Å²) in [4.78, 5) is 32.6. The van der Waals surface area contributed by atoms with E-state index in [4.69, 9.17) is 0 Å². The number of imidazole rings is 1. The minimum absolute atomic E-state index is 0.0696. The summed E-state index contributed by atoms with van der Waals surface area (Å²) < 4.78 is 0. The zero-order valence-electron chi connectivity index (χ0n) is 12.9. The van der Waals surface area contributed by atoms with Crippen LogP contribution in [-0.2, 0) is 0 Å². The van der Waals surface area contributed by atoms with Gasteiger partial charge in [0.05, 0.1) is 17.9 Å². The van der Waals surface area contributed by atoms with Crippen LogP contribution < -0.4 is 0 Å². The average molecular weight is 300 g/mol. The molecule has 1 amide bonds. The summed E-state index contributed by atoms with van der Waals surface area (Å²) in [5, 5.41) is 0. The topological polar surface area (TPSA) is 78.0 Å². The SMILES string of the molecule is CCN1CCN(C(=O)c2cnc(C)cn2)CC1c1ncc[nH]1. The zero-order chi connectivity index (χ0) is 15.5. The molecule has 7 nitrogen and oxygen atoms in total. The van der Waals surface area contributed by atoms with Crippen molar-refractivity contribution in [1.29, 1.82) is 0 Å². The Bertz CT molecular complexity index is 624. The van der Waals surface area contributed by atoms with Gasteiger partial charge < -0.3 is 9.88 Å². The molecule has 1 unspecified atom stereocenters. The first-order valence-corrected chi connectivity index (χ1v) is 7.50. The predicted molar refractivity (Wildman–Crippen MR) is 81.2 cm³/mol. The number of piperazine rings is 1. The van der Waals surface area contributed by atoms with Crippen molar-refractivity contribution in [2.45, 2.75) is 19.9 Å². The van der Waals surface area contributed by atoms with Crippen LogP contribution in [0.1, 0.15) is 35.0 Å². The van der Waals surface area contributed by atoms with Crippen LogP contribution in [-0.4, -0.2) is 61.8 Å². The molecule has 1 aliphatic heterocycles. The van der Waals surface area contributed by atoms with Crippen molar-refractivity contribution in [2.24, 2.45) is 0 Å². The molecule has 1 saturated heterocycles. The Morgan fingerprint density at radius 3 is 2.82 bits per heavy atom. The molecule has 1 fully saturated rings. The van der Waals surface area contributed by atoms with Crippen LogP contribution in [0.15, 0.2) is 24.8 Å². The molecule has 1 N–H and O–H groups in total. The number of nitrogens with zero attached hydrogens (tertiary/aromatic N) is 5. The van der Waals surface area contributed by atoms with E-state index in [-0.39, 0.29) is 11.9 Å². The van der Waals surface area contributed by atoms with Gasteiger partial charge in [-0.25, -0.2) is 9.97 Å². The Hall–Kier alpha value is -2.28. The summed E-state index contributed by atoms with van der Waals surface area (Å²) >= 11 is 0. The highest BCUT2D eigenvalue weighted by molar-refractivity contribution is 5.92. The van der Waals surface area contributed by atoms with Crippen LogP contribution in [0.3, 0.4) is 0 Å². The molecule has 0 aliphatic carbocycles. The van der Waals surface area contributed by atoms with E-state index in [1.807, 2.05) is 18.0 Å². The van der Waals surface area contributed by atoms with Gasteiger partial charge in [-0.15, -0.1) is 0 Å². The van der Waals surface area contributed by atoms with Gasteiger partial charge in [-0.05, 0) is 13.5 Å². The molecule has 0 bridgehead atoms. The monoisotopic (exact) mass is 300 g/mol. The van der Waals surface area contributed by atoms with Crippen LogP contribution in [0.2, 0.25) is 0 Å². The third kappa shape index (κ3) is 2.85. The number of aromatic amines is 1. The van der Waals surface area contributed by atoms with E-state index < -0.39 is 0 Å². The van der Waals surface area contributed by atoms with Crippen LogP contribution in [0.25, 0.3) is 0 Å². The van der Waals surface area contributed by atoms with Gasteiger partial charge in [-0.1, -0.05) is 6.92 Å². The van der Waals surface area contributed by atoms with E-state index in [0.717, 1.165) is 24.6 Å². The number of likely N-dealkylation sites (N-methyl/N-ethyl adjacent to an activating group) is 1. The molecule has 2 aromatic rings. The second-order valence-electron chi connectivity index (χ2n) is 5.41. The van der Waals surface area contributed by atoms with Gasteiger partial charge in [-0.3, -0.25) is 14.7 Å². The second kappa shape index (κ2) is 6.23. The van der Waals surface area contributed by atoms with Crippen molar-refractivity contribution in [3.63, 3.8) is 0 Å². The molecule has 0 spiro atoms. The number of hydrogen-bond acceptors (Lipinski definition) is 5. The van der Waals surface area contributed by atoms with Crippen molar-refractivity contribution in [3.8, 4) is 0 Å². The standard InChI is InChI=1S/C15H20N6O/c1-3-20-6-7-21(10-13(20)14-16-4-5-17-14)15(22)12-9-18-11(2)8-19-12/h4-5,8-9,13H,3,6-7,10H2,1-2H3,(H,16,17). The van der Waals surface area contributed by atoms with Gasteiger partial charge in [0.2, 0.25) is 0 Å². The van der Waals surface area contributed by atoms with Gasteiger partial charge in [0.25, 0.3) is 5.91 Å². The normalized spacial score (nSPS) is 19.4. The summed E-state index contributed by atoms with van der Waals surface area (Å²) in [6.07, 6.45) is 6.73. The van der Waals surface area contributed by atoms with Crippen molar-refractivity contribution in [2.75, 3.05) is 26.2 Å². The molecule has 116 valence electrons. The minimum Gasteiger partial charge on any atom is -0.347 e. The molecule has 0 saturated carbocycles. The minimum atomic E-state index is -0.0696. The summed E-state index contributed by atoms with van der Waals surface area (Å²) in [5.74, 6) is 0.828. The number of aromatic nitrogens is 4. The molecule has 0 radical (unpaired) electrons. The van der Waals surface area contributed by atoms with Crippen LogP contribution in [0, 0.1) is 6.92 Å². The van der Waals surface area contributed by atoms with Crippen LogP contribution in [0.5, 0.6) is 0 Å². The highest BCUT2D eigenvalue weighted by Crippen LogP contribution is 2.23. The van der Waals surface area contributed by atoms with Crippen LogP contribution in [0.4, 0.5) is 0 Å². The van der Waals surface area contributed by atoms with Crippen molar-refractivity contribution >= 4 is 5.91 Å². The molecule has 1 atom stereocenters. The maximum absolute atomic E-state index is 12.6. The third-order valence-corrected chi connectivity index (χ3v) is 4.02. The molecule has 3 heterocycles. The summed E-state index contributed by atoms with van der Waals surface area (Å²) in [6.45, 7) is 7.03. The fourth-order valence-electron chi connectivity index (χ4n) is 2.77. The maximum atomic E-state index is 12.6. The van der Waals surface area contributed by atoms with Gasteiger partial charge in [0.1, 0.15) is 11.5 Å². The molecule has 0 aromatic carbocycles. The number of rotatable bonds is 3. The lowest BCUT2D eigenvalue weighted by Crippen LogP contribution is -2.50. The van der Waals surface area contributed by atoms with Crippen molar-refractivity contribution in [3.05, 3.63) is 42.0 Å². The molecular formula is C15H20N6O. The summed E-state index contributed by atoms with van der Waals surface area (Å²) in [6, 6.07) is 0.0936. The zero-order valence-corrected chi connectivity index (χ0v) is 12.9. The first-order valence-electron chi connectivity index (χ1n) is 7.50. The van der Waals surface area contributed by atoms with E-state index in [0.29, 0.717) is 18.8 Å². The molecule has 7 heteroatoms. The number of hydrogen-bond donors (Lipinski definition) is 1. The highest BCUT2D eigenvalue weighted by atomic mass is 16.2. The number of aryl methyl sites for hydroxylation is 1. The quantitative estimate of drug-likeness (QED) is 0.916. The summed E-state index contributed by atoms with van der Waals surface area (Å²) in [7, 11) is 0. The van der Waals surface area contributed by atoms with Gasteiger partial charge >= 0.3 is 0 Å². The maximum Gasteiger partial charge on any atom is 0.274 e. The Morgan fingerprint density at radius 2 is 2.18 bits per heavy atom. The lowest BCUT2D eigenvalue weighted by molar-refractivity contribution is 0.0474. The largest absolute Gasteiger partial charge is 0.347 e. The fourth-order valence-corrected chi connectivity index (χ4v) is 2.77. The Kier molecular flexibility index (Phi) is 4.15. The fraction of sp³-hybridized carbons (Fsp3) is 0.467. The Balaban J connectivity index is 1.78. The van der Waals surface area contributed by atoms with E-state index >= 15 is 0 Å². The number of nitrogens with one attached hydrogen (secondary N) is 1. The van der Waals surface area contributed by atoms with E-state index in [9.17, 15) is 4.79 Å². The lowest BCUT2D eigenvalue weighted by Gasteiger charge is -2.39. The average Bonchev–Trinajstić information content (AvgIpc) is 3.08. The van der Waals surface area contributed by atoms with Crippen molar-refractivity contribution in [1.82, 2.24) is 29.7 Å². The van der Waals surface area contributed by atoms with E-state index in [2.05, 4.69) is 31.8 Å². The molecule has 2 aromatic heterocycles. The molecule has 1 aliphatic rings. The third-order valence-electron chi connectivity index (χ3n) is 4.02. The first kappa shape index (κ1) is 14.6. The van der Waals surface area contributed by atoms with Gasteiger partial charge in [0, 0.05) is 38.2 Å². The number of H-pyrrole nitrogens is 1. The van der Waals surface area contributed by atoms with Crippen molar-refractivity contribution < 1.29 is 4.79 Å². The molecule has 22 heavy (non-hydrogen) atoms. The number of amides is 1. The number of carbonyl (C=O) groups excluding carboxylic acids is 1. The highest BCUT2D eigenvalue weighted by Gasteiger charge is 2.32. The molecule has 3 rings (SSSR count). The van der Waals surface area contributed by atoms with Crippen LogP contribution >= 0.6 is 0 Å². The van der Waals surface area contributed by atoms with E-state index in [1.165, 1.54) is 0 Å².